The zero-order valence-corrected chi connectivity index (χ0v) is 12.0. The maximum absolute atomic E-state index is 13.6. The van der Waals surface area contributed by atoms with Gasteiger partial charge in [0.15, 0.2) is 0 Å². The monoisotopic (exact) mass is 252 g/mol. The van der Waals surface area contributed by atoms with Crippen molar-refractivity contribution in [3.63, 3.8) is 0 Å². The molecule has 0 saturated heterocycles. The van der Waals surface area contributed by atoms with Crippen molar-refractivity contribution in [2.24, 2.45) is 0 Å². The van der Waals surface area contributed by atoms with Gasteiger partial charge in [-0.15, -0.1) is 0 Å². The van der Waals surface area contributed by atoms with Gasteiger partial charge in [-0.3, -0.25) is 0 Å². The zero-order chi connectivity index (χ0) is 13.5. The number of hydrogen-bond donors (Lipinski definition) is 1. The Bertz CT molecular complexity index is 366. The maximum atomic E-state index is 13.6. The van der Waals surface area contributed by atoms with Crippen molar-refractivity contribution in [2.45, 2.75) is 33.2 Å². The van der Waals surface area contributed by atoms with Crippen LogP contribution in [0, 0.1) is 12.7 Å². The molecule has 1 rings (SSSR count). The fourth-order valence-corrected chi connectivity index (χ4v) is 1.97. The molecule has 2 nitrogen and oxygen atoms in total. The fourth-order valence-electron chi connectivity index (χ4n) is 1.97. The number of hydrogen-bond acceptors (Lipinski definition) is 2. The minimum Gasteiger partial charge on any atom is -0.310 e. The van der Waals surface area contributed by atoms with Gasteiger partial charge in [-0.1, -0.05) is 26.0 Å². The van der Waals surface area contributed by atoms with E-state index in [-0.39, 0.29) is 11.9 Å². The van der Waals surface area contributed by atoms with Crippen LogP contribution >= 0.6 is 0 Å². The van der Waals surface area contributed by atoms with Crippen LogP contribution in [-0.4, -0.2) is 31.6 Å². The third-order valence-corrected chi connectivity index (χ3v) is 3.39. The van der Waals surface area contributed by atoms with E-state index in [4.69, 9.17) is 0 Å². The Morgan fingerprint density at radius 1 is 1.33 bits per heavy atom. The summed E-state index contributed by atoms with van der Waals surface area (Å²) in [6.45, 7) is 8.99. The molecule has 0 amide bonds. The first-order chi connectivity index (χ1) is 8.58. The van der Waals surface area contributed by atoms with Crippen LogP contribution in [0.1, 0.15) is 37.4 Å². The van der Waals surface area contributed by atoms with Gasteiger partial charge in [0.05, 0.1) is 0 Å². The SMILES string of the molecule is CCNC(CCN(C)CC)c1ccc(C)c(F)c1. The minimum absolute atomic E-state index is 0.112. The summed E-state index contributed by atoms with van der Waals surface area (Å²) in [5.41, 5.74) is 1.75. The molecule has 1 aromatic rings. The molecule has 0 aliphatic heterocycles. The van der Waals surface area contributed by atoms with Crippen molar-refractivity contribution in [3.05, 3.63) is 35.1 Å². The van der Waals surface area contributed by atoms with Crippen molar-refractivity contribution in [1.29, 1.82) is 0 Å². The van der Waals surface area contributed by atoms with Crippen LogP contribution in [0.25, 0.3) is 0 Å². The topological polar surface area (TPSA) is 15.3 Å². The summed E-state index contributed by atoms with van der Waals surface area (Å²) < 4.78 is 13.6. The molecule has 1 atom stereocenters. The molecule has 0 radical (unpaired) electrons. The summed E-state index contributed by atoms with van der Waals surface area (Å²) in [4.78, 5) is 2.27. The van der Waals surface area contributed by atoms with Crippen LogP contribution in [0.15, 0.2) is 18.2 Å². The lowest BCUT2D eigenvalue weighted by atomic mass is 10.0. The first kappa shape index (κ1) is 15.1. The highest BCUT2D eigenvalue weighted by atomic mass is 19.1. The number of nitrogens with one attached hydrogen (secondary N) is 1. The van der Waals surface area contributed by atoms with Crippen LogP contribution in [0.3, 0.4) is 0 Å². The largest absolute Gasteiger partial charge is 0.310 e. The minimum atomic E-state index is -0.112. The van der Waals surface area contributed by atoms with E-state index in [1.54, 1.807) is 13.0 Å². The quantitative estimate of drug-likeness (QED) is 0.802. The Hall–Kier alpha value is -0.930. The van der Waals surface area contributed by atoms with Crippen molar-refractivity contribution >= 4 is 0 Å². The predicted molar refractivity (Wildman–Crippen MR) is 75.3 cm³/mol. The first-order valence-electron chi connectivity index (χ1n) is 6.76. The molecule has 0 spiro atoms. The van der Waals surface area contributed by atoms with Crippen molar-refractivity contribution in [1.82, 2.24) is 10.2 Å². The van der Waals surface area contributed by atoms with Gasteiger partial charge in [0.1, 0.15) is 5.82 Å². The summed E-state index contributed by atoms with van der Waals surface area (Å²) in [6.07, 6.45) is 1.00. The van der Waals surface area contributed by atoms with Crippen molar-refractivity contribution < 1.29 is 4.39 Å². The molecule has 102 valence electrons. The van der Waals surface area contributed by atoms with E-state index in [2.05, 4.69) is 31.1 Å². The molecule has 0 heterocycles. The molecule has 1 unspecified atom stereocenters. The van der Waals surface area contributed by atoms with Crippen LogP contribution in [0.5, 0.6) is 0 Å². The summed E-state index contributed by atoms with van der Waals surface area (Å²) in [5.74, 6) is -0.112. The van der Waals surface area contributed by atoms with E-state index in [1.165, 1.54) is 0 Å². The second-order valence-electron chi connectivity index (χ2n) is 4.80. The first-order valence-corrected chi connectivity index (χ1v) is 6.76. The molecule has 0 saturated carbocycles. The Morgan fingerprint density at radius 2 is 2.06 bits per heavy atom. The number of nitrogens with zero attached hydrogens (tertiary/aromatic N) is 1. The van der Waals surface area contributed by atoms with Gasteiger partial charge in [0.2, 0.25) is 0 Å². The summed E-state index contributed by atoms with van der Waals surface area (Å²) in [5, 5.41) is 3.43. The molecular weight excluding hydrogens is 227 g/mol. The Morgan fingerprint density at radius 3 is 2.61 bits per heavy atom. The second kappa shape index (κ2) is 7.49. The lowest BCUT2D eigenvalue weighted by molar-refractivity contribution is 0.322. The van der Waals surface area contributed by atoms with Gasteiger partial charge in [-0.25, -0.2) is 4.39 Å². The predicted octanol–water partition coefficient (Wildman–Crippen LogP) is 3.13. The van der Waals surface area contributed by atoms with Gasteiger partial charge in [0, 0.05) is 6.04 Å². The smallest absolute Gasteiger partial charge is 0.126 e. The van der Waals surface area contributed by atoms with E-state index < -0.39 is 0 Å². The Labute approximate surface area is 110 Å². The van der Waals surface area contributed by atoms with Crippen LogP contribution < -0.4 is 5.32 Å². The number of aryl methyl sites for hydroxylation is 1. The van der Waals surface area contributed by atoms with Crippen LogP contribution in [0.4, 0.5) is 4.39 Å². The third-order valence-electron chi connectivity index (χ3n) is 3.39. The molecule has 0 aliphatic carbocycles. The second-order valence-corrected chi connectivity index (χ2v) is 4.80. The fraction of sp³-hybridized carbons (Fsp3) is 0.600. The molecule has 0 fully saturated rings. The zero-order valence-electron chi connectivity index (χ0n) is 12.0. The summed E-state index contributed by atoms with van der Waals surface area (Å²) >= 11 is 0. The average Bonchev–Trinajstić information content (AvgIpc) is 2.37. The molecule has 3 heteroatoms. The number of rotatable bonds is 7. The Kier molecular flexibility index (Phi) is 6.30. The van der Waals surface area contributed by atoms with Gasteiger partial charge >= 0.3 is 0 Å². The Balaban J connectivity index is 2.73. The van der Waals surface area contributed by atoms with Crippen LogP contribution in [0.2, 0.25) is 0 Å². The molecular formula is C15H25FN2. The van der Waals surface area contributed by atoms with Gasteiger partial charge in [-0.05, 0) is 57.2 Å². The standard InChI is InChI=1S/C15H25FN2/c1-5-17-15(9-10-18(4)6-2)13-8-7-12(3)14(16)11-13/h7-8,11,15,17H,5-6,9-10H2,1-4H3. The van der Waals surface area contributed by atoms with E-state index in [0.29, 0.717) is 5.56 Å². The van der Waals surface area contributed by atoms with Gasteiger partial charge in [0.25, 0.3) is 0 Å². The maximum Gasteiger partial charge on any atom is 0.126 e. The normalized spacial score (nSPS) is 13.0. The van der Waals surface area contributed by atoms with Crippen molar-refractivity contribution in [2.75, 3.05) is 26.7 Å². The highest BCUT2D eigenvalue weighted by Crippen LogP contribution is 2.19. The highest BCUT2D eigenvalue weighted by molar-refractivity contribution is 5.25. The van der Waals surface area contributed by atoms with E-state index in [0.717, 1.165) is 31.6 Å². The number of benzene rings is 1. The van der Waals surface area contributed by atoms with Gasteiger partial charge < -0.3 is 10.2 Å². The van der Waals surface area contributed by atoms with Crippen LogP contribution in [-0.2, 0) is 0 Å². The molecule has 0 aliphatic rings. The summed E-state index contributed by atoms with van der Waals surface area (Å²) in [7, 11) is 2.11. The molecule has 0 aromatic heterocycles. The molecule has 0 bridgehead atoms. The highest BCUT2D eigenvalue weighted by Gasteiger charge is 2.12. The third kappa shape index (κ3) is 4.39. The van der Waals surface area contributed by atoms with Gasteiger partial charge in [-0.2, -0.15) is 0 Å². The molecule has 1 aromatic carbocycles. The lowest BCUT2D eigenvalue weighted by Gasteiger charge is -2.22. The van der Waals surface area contributed by atoms with E-state index in [1.807, 2.05) is 12.1 Å². The lowest BCUT2D eigenvalue weighted by Crippen LogP contribution is -2.27. The van der Waals surface area contributed by atoms with Crippen molar-refractivity contribution in [3.8, 4) is 0 Å². The average molecular weight is 252 g/mol. The van der Waals surface area contributed by atoms with E-state index >= 15 is 0 Å². The molecule has 18 heavy (non-hydrogen) atoms. The molecule has 1 N–H and O–H groups in total. The summed E-state index contributed by atoms with van der Waals surface area (Å²) in [6, 6.07) is 5.78. The number of halogens is 1. The van der Waals surface area contributed by atoms with E-state index in [9.17, 15) is 4.39 Å².